The van der Waals surface area contributed by atoms with Gasteiger partial charge in [-0.3, -0.25) is 9.78 Å². The molecule has 0 amide bonds. The molecule has 0 bridgehead atoms. The Balaban J connectivity index is 2.81. The monoisotopic (exact) mass is 356 g/mol. The molecular formula is C14H14BrClN2O2. The zero-order valence-corrected chi connectivity index (χ0v) is 13.5. The quantitative estimate of drug-likeness (QED) is 0.858. The van der Waals surface area contributed by atoms with Crippen LogP contribution in [0.3, 0.4) is 0 Å². The van der Waals surface area contributed by atoms with Gasteiger partial charge in [-0.1, -0.05) is 46.9 Å². The molecule has 1 aromatic carbocycles. The highest BCUT2D eigenvalue weighted by molar-refractivity contribution is 9.10. The van der Waals surface area contributed by atoms with Gasteiger partial charge in [0.25, 0.3) is 5.56 Å². The molecule has 0 fully saturated rings. The van der Waals surface area contributed by atoms with Crippen molar-refractivity contribution in [3.63, 3.8) is 0 Å². The van der Waals surface area contributed by atoms with Gasteiger partial charge in [0.05, 0.1) is 11.3 Å². The average Bonchev–Trinajstić information content (AvgIpc) is 2.39. The Morgan fingerprint density at radius 3 is 2.70 bits per heavy atom. The van der Waals surface area contributed by atoms with Gasteiger partial charge in [0.15, 0.2) is 0 Å². The summed E-state index contributed by atoms with van der Waals surface area (Å²) in [7, 11) is 0. The first kappa shape index (κ1) is 15.1. The lowest BCUT2D eigenvalue weighted by molar-refractivity contribution is 0.808. The van der Waals surface area contributed by atoms with Crippen LogP contribution in [-0.4, -0.2) is 9.55 Å². The minimum atomic E-state index is -0.527. The van der Waals surface area contributed by atoms with Crippen LogP contribution in [0.5, 0.6) is 0 Å². The second-order valence-corrected chi connectivity index (χ2v) is 5.73. The van der Waals surface area contributed by atoms with Gasteiger partial charge in [-0.2, -0.15) is 0 Å². The molecule has 0 saturated carbocycles. The fourth-order valence-electron chi connectivity index (χ4n) is 2.07. The van der Waals surface area contributed by atoms with E-state index < -0.39 is 5.69 Å². The molecule has 0 aliphatic rings. The van der Waals surface area contributed by atoms with Crippen LogP contribution in [0.4, 0.5) is 0 Å². The molecular weight excluding hydrogens is 344 g/mol. The Morgan fingerprint density at radius 2 is 2.05 bits per heavy atom. The number of benzene rings is 1. The van der Waals surface area contributed by atoms with E-state index in [1.807, 2.05) is 19.9 Å². The van der Waals surface area contributed by atoms with Crippen LogP contribution in [-0.2, 0) is 6.42 Å². The molecule has 0 atom stereocenters. The van der Waals surface area contributed by atoms with Crippen LogP contribution in [0.2, 0.25) is 5.15 Å². The van der Waals surface area contributed by atoms with Crippen LogP contribution < -0.4 is 11.2 Å². The molecule has 1 N–H and O–H groups in total. The third-order valence-corrected chi connectivity index (χ3v) is 4.31. The van der Waals surface area contributed by atoms with Crippen molar-refractivity contribution in [3.8, 4) is 5.69 Å². The molecule has 106 valence electrons. The van der Waals surface area contributed by atoms with Gasteiger partial charge in [0, 0.05) is 4.47 Å². The Kier molecular flexibility index (Phi) is 4.50. The van der Waals surface area contributed by atoms with Crippen molar-refractivity contribution < 1.29 is 0 Å². The molecule has 2 rings (SSSR count). The summed E-state index contributed by atoms with van der Waals surface area (Å²) in [5.41, 5.74) is 0.931. The first-order chi connectivity index (χ1) is 9.47. The summed E-state index contributed by atoms with van der Waals surface area (Å²) in [5.74, 6) is 0. The number of aromatic amines is 1. The SMILES string of the molecule is CCCc1c(Cl)[nH]c(=O)n(-c2cccc(Br)c2C)c1=O. The molecule has 0 unspecified atom stereocenters. The van der Waals surface area contributed by atoms with Crippen LogP contribution >= 0.6 is 27.5 Å². The third-order valence-electron chi connectivity index (χ3n) is 3.13. The standard InChI is InChI=1S/C14H14BrClN2O2/c1-3-5-9-12(16)17-14(20)18(13(9)19)11-7-4-6-10(15)8(11)2/h4,6-7H,3,5H2,1-2H3,(H,17,20). The second kappa shape index (κ2) is 5.97. The second-order valence-electron chi connectivity index (χ2n) is 4.50. The van der Waals surface area contributed by atoms with E-state index in [2.05, 4.69) is 20.9 Å². The number of rotatable bonds is 3. The van der Waals surface area contributed by atoms with Crippen molar-refractivity contribution in [2.75, 3.05) is 0 Å². The van der Waals surface area contributed by atoms with Gasteiger partial charge in [-0.15, -0.1) is 0 Å². The average molecular weight is 358 g/mol. The number of halogens is 2. The lowest BCUT2D eigenvalue weighted by atomic mass is 10.1. The number of hydrogen-bond donors (Lipinski definition) is 1. The van der Waals surface area contributed by atoms with Gasteiger partial charge < -0.3 is 0 Å². The van der Waals surface area contributed by atoms with E-state index in [-0.39, 0.29) is 10.7 Å². The predicted octanol–water partition coefficient (Wildman–Crippen LogP) is 3.20. The van der Waals surface area contributed by atoms with E-state index in [9.17, 15) is 9.59 Å². The number of nitrogens with zero attached hydrogens (tertiary/aromatic N) is 1. The van der Waals surface area contributed by atoms with E-state index >= 15 is 0 Å². The third kappa shape index (κ3) is 2.60. The molecule has 2 aromatic rings. The molecule has 1 heterocycles. The maximum atomic E-state index is 12.5. The van der Waals surface area contributed by atoms with Crippen LogP contribution in [0.25, 0.3) is 5.69 Å². The number of nitrogens with one attached hydrogen (secondary N) is 1. The van der Waals surface area contributed by atoms with E-state index in [1.54, 1.807) is 12.1 Å². The summed E-state index contributed by atoms with van der Waals surface area (Å²) in [6, 6.07) is 5.38. The summed E-state index contributed by atoms with van der Waals surface area (Å²) in [6.07, 6.45) is 1.31. The highest BCUT2D eigenvalue weighted by atomic mass is 79.9. The Labute approximate surface area is 129 Å². The zero-order chi connectivity index (χ0) is 14.9. The van der Waals surface area contributed by atoms with Gasteiger partial charge in [-0.25, -0.2) is 9.36 Å². The Morgan fingerprint density at radius 1 is 1.35 bits per heavy atom. The van der Waals surface area contributed by atoms with Crippen molar-refractivity contribution in [1.82, 2.24) is 9.55 Å². The Bertz CT molecular complexity index is 765. The van der Waals surface area contributed by atoms with Crippen molar-refractivity contribution >= 4 is 27.5 Å². The summed E-state index contributed by atoms with van der Waals surface area (Å²) in [6.45, 7) is 3.80. The fraction of sp³-hybridized carbons (Fsp3) is 0.286. The van der Waals surface area contributed by atoms with Crippen LogP contribution in [0.1, 0.15) is 24.5 Å². The number of H-pyrrole nitrogens is 1. The number of aromatic nitrogens is 2. The number of hydrogen-bond acceptors (Lipinski definition) is 2. The van der Waals surface area contributed by atoms with E-state index in [0.29, 0.717) is 17.7 Å². The molecule has 20 heavy (non-hydrogen) atoms. The summed E-state index contributed by atoms with van der Waals surface area (Å²) in [4.78, 5) is 27.1. The van der Waals surface area contributed by atoms with E-state index in [4.69, 9.17) is 11.6 Å². The van der Waals surface area contributed by atoms with E-state index in [1.165, 1.54) is 0 Å². The van der Waals surface area contributed by atoms with Crippen molar-refractivity contribution in [2.45, 2.75) is 26.7 Å². The van der Waals surface area contributed by atoms with Gasteiger partial charge >= 0.3 is 5.69 Å². The summed E-state index contributed by atoms with van der Waals surface area (Å²) >= 11 is 9.37. The van der Waals surface area contributed by atoms with Crippen molar-refractivity contribution in [3.05, 3.63) is 59.8 Å². The normalized spacial score (nSPS) is 10.8. The summed E-state index contributed by atoms with van der Waals surface area (Å²) < 4.78 is 1.98. The van der Waals surface area contributed by atoms with Gasteiger partial charge in [0.1, 0.15) is 5.15 Å². The van der Waals surface area contributed by atoms with Crippen molar-refractivity contribution in [1.29, 1.82) is 0 Å². The van der Waals surface area contributed by atoms with Gasteiger partial charge in [-0.05, 0) is 31.0 Å². The minimum absolute atomic E-state index is 0.130. The highest BCUT2D eigenvalue weighted by Gasteiger charge is 2.15. The molecule has 6 heteroatoms. The molecule has 0 radical (unpaired) electrons. The zero-order valence-electron chi connectivity index (χ0n) is 11.2. The minimum Gasteiger partial charge on any atom is -0.297 e. The lowest BCUT2D eigenvalue weighted by Gasteiger charge is -2.11. The fourth-order valence-corrected chi connectivity index (χ4v) is 2.68. The van der Waals surface area contributed by atoms with Crippen LogP contribution in [0.15, 0.2) is 32.3 Å². The largest absolute Gasteiger partial charge is 0.334 e. The molecule has 4 nitrogen and oxygen atoms in total. The topological polar surface area (TPSA) is 54.9 Å². The first-order valence-electron chi connectivity index (χ1n) is 6.26. The molecule has 0 aliphatic carbocycles. The summed E-state index contributed by atoms with van der Waals surface area (Å²) in [5, 5.41) is 0.130. The molecule has 0 spiro atoms. The van der Waals surface area contributed by atoms with Gasteiger partial charge in [0.2, 0.25) is 0 Å². The van der Waals surface area contributed by atoms with Crippen LogP contribution in [0, 0.1) is 6.92 Å². The predicted molar refractivity (Wildman–Crippen MR) is 84.1 cm³/mol. The maximum absolute atomic E-state index is 12.5. The smallest absolute Gasteiger partial charge is 0.297 e. The van der Waals surface area contributed by atoms with Crippen molar-refractivity contribution in [2.24, 2.45) is 0 Å². The first-order valence-corrected chi connectivity index (χ1v) is 7.43. The lowest BCUT2D eigenvalue weighted by Crippen LogP contribution is -2.36. The maximum Gasteiger partial charge on any atom is 0.334 e. The van der Waals surface area contributed by atoms with E-state index in [0.717, 1.165) is 21.0 Å². The Hall–Kier alpha value is -1.33. The molecule has 1 aromatic heterocycles. The molecule has 0 saturated heterocycles. The highest BCUT2D eigenvalue weighted by Crippen LogP contribution is 2.21. The molecule has 0 aliphatic heterocycles.